The highest BCUT2D eigenvalue weighted by Crippen LogP contribution is 2.44. The van der Waals surface area contributed by atoms with Gasteiger partial charge in [-0.15, -0.1) is 0 Å². The summed E-state index contributed by atoms with van der Waals surface area (Å²) in [7, 11) is 0. The first kappa shape index (κ1) is 21.4. The third-order valence-electron chi connectivity index (χ3n) is 5.21. The standard InChI is InChI=1S/C23H26N2O5/c1-2-3-12-20(22(28)24-13-21(26)27)25-23(29)30-14-19-17-10-6-4-8-15(17)16-9-5-7-11-18(16)19/h4-11,19-20H,2-3,12-14H2,1H3,(H,24,28)(H,25,29)(H,26,27)/t20-/m0/s1. The Morgan fingerprint density at radius 3 is 2.20 bits per heavy atom. The van der Waals surface area contributed by atoms with Gasteiger partial charge in [0.25, 0.3) is 0 Å². The summed E-state index contributed by atoms with van der Waals surface area (Å²) in [6.45, 7) is 1.63. The minimum absolute atomic E-state index is 0.0712. The van der Waals surface area contributed by atoms with E-state index < -0.39 is 30.6 Å². The molecule has 0 saturated heterocycles. The Bertz CT molecular complexity index is 882. The lowest BCUT2D eigenvalue weighted by Gasteiger charge is -2.19. The van der Waals surface area contributed by atoms with Crippen LogP contribution in [0.15, 0.2) is 48.5 Å². The number of carbonyl (C=O) groups is 3. The molecule has 7 nitrogen and oxygen atoms in total. The van der Waals surface area contributed by atoms with Gasteiger partial charge in [0.05, 0.1) is 0 Å². The Morgan fingerprint density at radius 2 is 1.63 bits per heavy atom. The van der Waals surface area contributed by atoms with Crippen molar-refractivity contribution in [3.63, 3.8) is 0 Å². The molecule has 1 atom stereocenters. The van der Waals surface area contributed by atoms with Crippen LogP contribution in [-0.4, -0.2) is 42.3 Å². The van der Waals surface area contributed by atoms with Crippen molar-refractivity contribution < 1.29 is 24.2 Å². The van der Waals surface area contributed by atoms with Crippen LogP contribution >= 0.6 is 0 Å². The van der Waals surface area contributed by atoms with E-state index in [0.29, 0.717) is 6.42 Å². The molecular formula is C23H26N2O5. The first-order valence-corrected chi connectivity index (χ1v) is 10.1. The molecule has 3 N–H and O–H groups in total. The maximum absolute atomic E-state index is 12.4. The van der Waals surface area contributed by atoms with Crippen LogP contribution in [0.3, 0.4) is 0 Å². The third kappa shape index (κ3) is 4.97. The largest absolute Gasteiger partial charge is 0.480 e. The molecule has 0 aliphatic heterocycles. The van der Waals surface area contributed by atoms with Gasteiger partial charge in [-0.1, -0.05) is 68.3 Å². The fourth-order valence-corrected chi connectivity index (χ4v) is 3.75. The summed E-state index contributed by atoms with van der Waals surface area (Å²) in [4.78, 5) is 35.3. The normalized spacial score (nSPS) is 13.1. The zero-order chi connectivity index (χ0) is 21.5. The van der Waals surface area contributed by atoms with Crippen LogP contribution in [0, 0.1) is 0 Å². The Kier molecular flexibility index (Phi) is 7.06. The molecule has 0 spiro atoms. The Labute approximate surface area is 175 Å². The van der Waals surface area contributed by atoms with Crippen LogP contribution in [0.5, 0.6) is 0 Å². The van der Waals surface area contributed by atoms with Gasteiger partial charge in [0.15, 0.2) is 0 Å². The number of aliphatic carboxylic acids is 1. The average molecular weight is 410 g/mol. The number of benzene rings is 2. The van der Waals surface area contributed by atoms with Gasteiger partial charge in [-0.3, -0.25) is 9.59 Å². The van der Waals surface area contributed by atoms with Gasteiger partial charge in [-0.25, -0.2) is 4.79 Å². The van der Waals surface area contributed by atoms with E-state index in [1.165, 1.54) is 0 Å². The molecule has 0 fully saturated rings. The summed E-state index contributed by atoms with van der Waals surface area (Å²) in [5.41, 5.74) is 4.48. The number of carboxylic acid groups (broad SMARTS) is 1. The molecule has 30 heavy (non-hydrogen) atoms. The van der Waals surface area contributed by atoms with Gasteiger partial charge in [0.2, 0.25) is 5.91 Å². The molecule has 2 aromatic carbocycles. The van der Waals surface area contributed by atoms with Crippen LogP contribution in [0.1, 0.15) is 43.2 Å². The van der Waals surface area contributed by atoms with Crippen LogP contribution in [0.25, 0.3) is 11.1 Å². The van der Waals surface area contributed by atoms with E-state index in [-0.39, 0.29) is 12.5 Å². The molecule has 1 aliphatic rings. The topological polar surface area (TPSA) is 105 Å². The third-order valence-corrected chi connectivity index (χ3v) is 5.21. The molecule has 2 aromatic rings. The van der Waals surface area contributed by atoms with Crippen molar-refractivity contribution in [1.82, 2.24) is 10.6 Å². The number of carbonyl (C=O) groups excluding carboxylic acids is 2. The molecule has 1 aliphatic carbocycles. The van der Waals surface area contributed by atoms with Crippen molar-refractivity contribution in [2.75, 3.05) is 13.2 Å². The van der Waals surface area contributed by atoms with Gasteiger partial charge in [-0.05, 0) is 28.7 Å². The number of alkyl carbamates (subject to hydrolysis) is 1. The molecule has 0 radical (unpaired) electrons. The first-order valence-electron chi connectivity index (χ1n) is 10.1. The lowest BCUT2D eigenvalue weighted by atomic mass is 9.98. The van der Waals surface area contributed by atoms with Crippen molar-refractivity contribution in [1.29, 1.82) is 0 Å². The van der Waals surface area contributed by atoms with E-state index >= 15 is 0 Å². The number of carboxylic acids is 1. The molecule has 3 rings (SSSR count). The van der Waals surface area contributed by atoms with Crippen LogP contribution in [-0.2, 0) is 14.3 Å². The predicted octanol–water partition coefficient (Wildman–Crippen LogP) is 3.28. The van der Waals surface area contributed by atoms with Gasteiger partial charge in [0, 0.05) is 5.92 Å². The number of fused-ring (bicyclic) bond motifs is 3. The minimum atomic E-state index is -1.14. The smallest absolute Gasteiger partial charge is 0.407 e. The summed E-state index contributed by atoms with van der Waals surface area (Å²) in [6.07, 6.45) is 1.28. The number of hydrogen-bond donors (Lipinski definition) is 3. The average Bonchev–Trinajstić information content (AvgIpc) is 3.07. The second kappa shape index (κ2) is 9.91. The molecule has 0 heterocycles. The Morgan fingerprint density at radius 1 is 1.03 bits per heavy atom. The summed E-state index contributed by atoms with van der Waals surface area (Å²) in [5.74, 6) is -1.74. The lowest BCUT2D eigenvalue weighted by molar-refractivity contribution is -0.138. The van der Waals surface area contributed by atoms with Crippen molar-refractivity contribution in [2.45, 2.75) is 38.1 Å². The van der Waals surface area contributed by atoms with E-state index in [0.717, 1.165) is 35.1 Å². The quantitative estimate of drug-likeness (QED) is 0.588. The fourth-order valence-electron chi connectivity index (χ4n) is 3.75. The number of rotatable bonds is 9. The number of nitrogens with one attached hydrogen (secondary N) is 2. The lowest BCUT2D eigenvalue weighted by Crippen LogP contribution is -2.48. The summed E-state index contributed by atoms with van der Waals surface area (Å²) in [5, 5.41) is 13.6. The molecular weight excluding hydrogens is 384 g/mol. The van der Waals surface area contributed by atoms with Crippen LogP contribution in [0.2, 0.25) is 0 Å². The van der Waals surface area contributed by atoms with Crippen molar-refractivity contribution in [3.8, 4) is 11.1 Å². The van der Waals surface area contributed by atoms with Gasteiger partial charge in [-0.2, -0.15) is 0 Å². The van der Waals surface area contributed by atoms with E-state index in [9.17, 15) is 14.4 Å². The molecule has 0 bridgehead atoms. The van der Waals surface area contributed by atoms with Crippen molar-refractivity contribution >= 4 is 18.0 Å². The second-order valence-electron chi connectivity index (χ2n) is 7.28. The summed E-state index contributed by atoms with van der Waals surface area (Å²) >= 11 is 0. The zero-order valence-electron chi connectivity index (χ0n) is 16.9. The Hall–Kier alpha value is -3.35. The molecule has 0 aromatic heterocycles. The number of hydrogen-bond acceptors (Lipinski definition) is 4. The van der Waals surface area contributed by atoms with E-state index in [1.807, 2.05) is 43.3 Å². The predicted molar refractivity (Wildman–Crippen MR) is 112 cm³/mol. The van der Waals surface area contributed by atoms with Gasteiger partial charge < -0.3 is 20.5 Å². The molecule has 7 heteroatoms. The zero-order valence-corrected chi connectivity index (χ0v) is 16.9. The SMILES string of the molecule is CCCC[C@H](NC(=O)OCC1c2ccccc2-c2ccccc21)C(=O)NCC(=O)O. The van der Waals surface area contributed by atoms with Crippen LogP contribution < -0.4 is 10.6 Å². The highest BCUT2D eigenvalue weighted by Gasteiger charge is 2.29. The van der Waals surface area contributed by atoms with E-state index in [1.54, 1.807) is 0 Å². The Balaban J connectivity index is 1.64. The summed E-state index contributed by atoms with van der Waals surface area (Å²) < 4.78 is 5.48. The molecule has 0 unspecified atom stereocenters. The molecule has 158 valence electrons. The second-order valence-corrected chi connectivity index (χ2v) is 7.28. The van der Waals surface area contributed by atoms with Crippen molar-refractivity contribution in [2.24, 2.45) is 0 Å². The van der Waals surface area contributed by atoms with E-state index in [4.69, 9.17) is 9.84 Å². The first-order chi connectivity index (χ1) is 14.5. The number of amides is 2. The van der Waals surface area contributed by atoms with Gasteiger partial charge in [0.1, 0.15) is 19.2 Å². The van der Waals surface area contributed by atoms with Crippen molar-refractivity contribution in [3.05, 3.63) is 59.7 Å². The van der Waals surface area contributed by atoms with E-state index in [2.05, 4.69) is 22.8 Å². The van der Waals surface area contributed by atoms with Gasteiger partial charge >= 0.3 is 12.1 Å². The fraction of sp³-hybridized carbons (Fsp3) is 0.348. The molecule has 0 saturated carbocycles. The molecule has 2 amide bonds. The number of ether oxygens (including phenoxy) is 1. The van der Waals surface area contributed by atoms with Crippen LogP contribution in [0.4, 0.5) is 4.79 Å². The highest BCUT2D eigenvalue weighted by molar-refractivity contribution is 5.88. The maximum Gasteiger partial charge on any atom is 0.407 e. The highest BCUT2D eigenvalue weighted by atomic mass is 16.5. The minimum Gasteiger partial charge on any atom is -0.480 e. The number of unbranched alkanes of at least 4 members (excludes halogenated alkanes) is 1. The maximum atomic E-state index is 12.4. The monoisotopic (exact) mass is 410 g/mol. The summed E-state index contributed by atoms with van der Waals surface area (Å²) in [6, 6.07) is 15.2.